The van der Waals surface area contributed by atoms with Crippen LogP contribution >= 0.6 is 10.3 Å². The topological polar surface area (TPSA) is 225 Å². The van der Waals surface area contributed by atoms with Gasteiger partial charge in [-0.2, -0.15) is 8.42 Å². The zero-order valence-electron chi connectivity index (χ0n) is 19.8. The molecule has 0 heterocycles. The van der Waals surface area contributed by atoms with Gasteiger partial charge >= 0.3 is 10.1 Å². The molecule has 39 heavy (non-hydrogen) atoms. The molecule has 0 atom stereocenters. The predicted molar refractivity (Wildman–Crippen MR) is 136 cm³/mol. The summed E-state index contributed by atoms with van der Waals surface area (Å²) in [5.41, 5.74) is 0.670. The molecule has 0 fully saturated rings. The van der Waals surface area contributed by atoms with E-state index in [1.807, 2.05) is 0 Å². The highest BCUT2D eigenvalue weighted by Crippen LogP contribution is 2.80. The van der Waals surface area contributed by atoms with Gasteiger partial charge in [-0.1, -0.05) is 17.7 Å². The van der Waals surface area contributed by atoms with Crippen molar-refractivity contribution in [1.82, 2.24) is 0 Å². The molecule has 0 radical (unpaired) electrons. The van der Waals surface area contributed by atoms with Crippen LogP contribution in [0.25, 0.3) is 0 Å². The fourth-order valence-corrected chi connectivity index (χ4v) is 9.33. The van der Waals surface area contributed by atoms with Crippen LogP contribution in [-0.4, -0.2) is 54.4 Å². The normalized spacial score (nSPS) is 12.3. The average Bonchev–Trinajstić information content (AvgIpc) is 2.76. The van der Waals surface area contributed by atoms with E-state index < -0.39 is 91.8 Å². The van der Waals surface area contributed by atoms with Crippen LogP contribution in [0.4, 0.5) is 0 Å². The van der Waals surface area contributed by atoms with Gasteiger partial charge in [0.05, 0.1) is 4.90 Å². The first kappa shape index (κ1) is 27.4. The lowest BCUT2D eigenvalue weighted by Crippen LogP contribution is -2.15. The van der Waals surface area contributed by atoms with E-state index in [2.05, 4.69) is 0 Å². The van der Waals surface area contributed by atoms with Gasteiger partial charge < -0.3 is 46.0 Å². The van der Waals surface area contributed by atoms with Gasteiger partial charge in [0.25, 0.3) is 0 Å². The Morgan fingerprint density at radius 1 is 0.513 bits per heavy atom. The van der Waals surface area contributed by atoms with E-state index in [0.717, 1.165) is 12.1 Å². The van der Waals surface area contributed by atoms with Crippen molar-refractivity contribution in [2.24, 2.45) is 0 Å². The van der Waals surface area contributed by atoms with E-state index >= 15 is 0 Å². The van der Waals surface area contributed by atoms with Crippen LogP contribution < -0.4 is 0 Å². The SMILES string of the molecule is Cc1ccc(S(=O)(=O)OS(c2c(O)cc(O)cc2O)(c2c(O)cc(O)cc2O)c2c(O)cc(O)cc2O)cc1. The van der Waals surface area contributed by atoms with Gasteiger partial charge in [-0.15, -0.1) is 0 Å². The van der Waals surface area contributed by atoms with Gasteiger partial charge in [-0.25, -0.2) is 3.63 Å². The van der Waals surface area contributed by atoms with Gasteiger partial charge in [-0.05, 0) is 29.4 Å². The van der Waals surface area contributed by atoms with Crippen molar-refractivity contribution in [3.05, 3.63) is 66.2 Å². The Bertz CT molecular complexity index is 1490. The van der Waals surface area contributed by atoms with Crippen molar-refractivity contribution in [3.8, 4) is 51.7 Å². The Kier molecular flexibility index (Phi) is 6.72. The number of benzene rings is 4. The average molecular weight is 579 g/mol. The molecular formula is C25H22O12S2. The molecule has 9 N–H and O–H groups in total. The van der Waals surface area contributed by atoms with Crippen LogP contribution in [0.2, 0.25) is 0 Å². The summed E-state index contributed by atoms with van der Waals surface area (Å²) in [4.78, 5) is -3.17. The number of hydrogen-bond acceptors (Lipinski definition) is 12. The Hall–Kier alpha value is -4.66. The molecule has 4 aromatic carbocycles. The standard InChI is InChI=1S/C25H22O12S2/c1-12-2-4-16(5-3-12)39(35,36)37-38(23-17(29)6-13(26)7-18(23)30,24-19(31)8-14(27)9-20(24)32)25-21(33)10-15(28)11-22(25)34/h2-11,26-34H,1H3. The summed E-state index contributed by atoms with van der Waals surface area (Å²) in [7, 11) is -9.63. The van der Waals surface area contributed by atoms with Gasteiger partial charge in [0.2, 0.25) is 0 Å². The van der Waals surface area contributed by atoms with Crippen molar-refractivity contribution >= 4 is 20.4 Å². The molecule has 0 saturated heterocycles. The van der Waals surface area contributed by atoms with Crippen LogP contribution in [0.5, 0.6) is 51.7 Å². The van der Waals surface area contributed by atoms with Crippen molar-refractivity contribution in [3.63, 3.8) is 0 Å². The Morgan fingerprint density at radius 3 is 1.08 bits per heavy atom. The summed E-state index contributed by atoms with van der Waals surface area (Å²) in [6.07, 6.45) is 0. The van der Waals surface area contributed by atoms with Crippen molar-refractivity contribution in [1.29, 1.82) is 0 Å². The minimum atomic E-state index is -5.03. The number of aromatic hydroxyl groups is 9. The molecule has 0 saturated carbocycles. The summed E-state index contributed by atoms with van der Waals surface area (Å²) in [5, 5.41) is 95.2. The fraction of sp³-hybridized carbons (Fsp3) is 0.0400. The predicted octanol–water partition coefficient (Wildman–Crippen LogP) is 3.95. The first-order valence-electron chi connectivity index (χ1n) is 10.8. The van der Waals surface area contributed by atoms with Gasteiger partial charge in [-0.3, -0.25) is 0 Å². The van der Waals surface area contributed by atoms with E-state index in [9.17, 15) is 54.4 Å². The van der Waals surface area contributed by atoms with Crippen molar-refractivity contribution < 1.29 is 58.0 Å². The molecule has 0 aliphatic carbocycles. The summed E-state index contributed by atoms with van der Waals surface area (Å²) < 4.78 is 33.1. The monoisotopic (exact) mass is 578 g/mol. The first-order valence-corrected chi connectivity index (χ1v) is 13.7. The molecular weight excluding hydrogens is 556 g/mol. The zero-order valence-corrected chi connectivity index (χ0v) is 21.5. The maximum atomic E-state index is 13.7. The first-order chi connectivity index (χ1) is 18.2. The molecule has 0 amide bonds. The molecule has 0 bridgehead atoms. The van der Waals surface area contributed by atoms with Gasteiger partial charge in [0.15, 0.2) is 0 Å². The van der Waals surface area contributed by atoms with Crippen LogP contribution in [0, 0.1) is 6.92 Å². The maximum Gasteiger partial charge on any atom is 0.307 e. The molecule has 0 unspecified atom stereocenters. The maximum absolute atomic E-state index is 13.7. The minimum absolute atomic E-state index is 0.474. The van der Waals surface area contributed by atoms with Crippen LogP contribution in [0.1, 0.15) is 5.56 Å². The second kappa shape index (κ2) is 9.58. The van der Waals surface area contributed by atoms with E-state index in [0.29, 0.717) is 42.0 Å². The second-order valence-corrected chi connectivity index (χ2v) is 12.6. The number of hydrogen-bond donors (Lipinski definition) is 9. The molecule has 4 aromatic rings. The number of phenolic OH excluding ortho intramolecular Hbond substituents is 9. The number of aryl methyl sites for hydroxylation is 1. The highest BCUT2D eigenvalue weighted by molar-refractivity contribution is 8.33. The number of phenols is 9. The van der Waals surface area contributed by atoms with Crippen molar-refractivity contribution in [2.45, 2.75) is 26.5 Å². The highest BCUT2D eigenvalue weighted by Gasteiger charge is 2.49. The molecule has 0 spiro atoms. The van der Waals surface area contributed by atoms with E-state index in [4.69, 9.17) is 3.63 Å². The molecule has 4 rings (SSSR count). The molecule has 0 aliphatic heterocycles. The summed E-state index contributed by atoms with van der Waals surface area (Å²) in [5.74, 6) is -8.33. The Balaban J connectivity index is 2.28. The molecule has 0 aromatic heterocycles. The quantitative estimate of drug-likeness (QED) is 0.159. The molecule has 14 heteroatoms. The zero-order chi connectivity index (χ0) is 28.9. The smallest absolute Gasteiger partial charge is 0.307 e. The summed E-state index contributed by atoms with van der Waals surface area (Å²) in [6.45, 7) is 1.68. The lowest BCUT2D eigenvalue weighted by Gasteiger charge is -2.40. The van der Waals surface area contributed by atoms with E-state index in [-0.39, 0.29) is 0 Å². The summed E-state index contributed by atoms with van der Waals surface area (Å²) in [6, 6.07) is 9.16. The number of rotatable bonds is 6. The molecule has 12 nitrogen and oxygen atoms in total. The third-order valence-corrected chi connectivity index (χ3v) is 10.8. The van der Waals surface area contributed by atoms with Crippen molar-refractivity contribution in [2.75, 3.05) is 0 Å². The third-order valence-electron chi connectivity index (χ3n) is 5.47. The highest BCUT2D eigenvalue weighted by atomic mass is 32.3. The lowest BCUT2D eigenvalue weighted by molar-refractivity contribution is 0.395. The van der Waals surface area contributed by atoms with E-state index in [1.165, 1.54) is 12.1 Å². The fourth-order valence-electron chi connectivity index (χ4n) is 3.92. The lowest BCUT2D eigenvalue weighted by atomic mass is 10.2. The van der Waals surface area contributed by atoms with E-state index in [1.54, 1.807) is 6.92 Å². The molecule has 0 aliphatic rings. The van der Waals surface area contributed by atoms with Crippen LogP contribution in [0.15, 0.2) is 80.2 Å². The summed E-state index contributed by atoms with van der Waals surface area (Å²) >= 11 is 0. The minimum Gasteiger partial charge on any atom is -0.508 e. The molecule has 206 valence electrons. The largest absolute Gasteiger partial charge is 0.508 e. The Morgan fingerprint density at radius 2 is 0.795 bits per heavy atom. The van der Waals surface area contributed by atoms with Crippen LogP contribution in [-0.2, 0) is 13.7 Å². The van der Waals surface area contributed by atoms with Crippen LogP contribution in [0.3, 0.4) is 0 Å². The van der Waals surface area contributed by atoms with Gasteiger partial charge in [0.1, 0.15) is 66.4 Å². The second-order valence-electron chi connectivity index (χ2n) is 8.33. The third kappa shape index (κ3) is 4.71. The van der Waals surface area contributed by atoms with Gasteiger partial charge in [0, 0.05) is 36.4 Å². The Labute approximate surface area is 222 Å².